The quantitative estimate of drug-likeness (QED) is 0.193. The largest absolute Gasteiger partial charge is 0.247 e. The minimum atomic E-state index is 0.910. The van der Waals surface area contributed by atoms with Crippen LogP contribution in [-0.4, -0.2) is 15.0 Å². The van der Waals surface area contributed by atoms with Gasteiger partial charge in [-0.1, -0.05) is 140 Å². The maximum Gasteiger partial charge on any atom is 0.0972 e. The molecule has 3 nitrogen and oxygen atoms in total. The van der Waals surface area contributed by atoms with E-state index >= 15 is 0 Å². The smallest absolute Gasteiger partial charge is 0.0972 e. The lowest BCUT2D eigenvalue weighted by Crippen LogP contribution is -1.93. The van der Waals surface area contributed by atoms with Crippen molar-refractivity contribution >= 4 is 43.5 Å². The van der Waals surface area contributed by atoms with Crippen LogP contribution in [0.5, 0.6) is 0 Å². The first-order valence-corrected chi connectivity index (χ1v) is 15.5. The lowest BCUT2D eigenvalue weighted by atomic mass is 9.92. The molecule has 0 atom stereocenters. The highest BCUT2D eigenvalue weighted by Gasteiger charge is 2.15. The molecule has 6 aromatic carbocycles. The van der Waals surface area contributed by atoms with Crippen LogP contribution in [0.3, 0.4) is 0 Å². The molecule has 0 aliphatic rings. The highest BCUT2D eigenvalue weighted by molar-refractivity contribution is 6.17. The number of hydrogen-bond donors (Lipinski definition) is 0. The zero-order chi connectivity index (χ0) is 30.5. The van der Waals surface area contributed by atoms with Gasteiger partial charge in [0.2, 0.25) is 0 Å². The number of para-hydroxylation sites is 1. The molecule has 0 radical (unpaired) electrons. The number of benzene rings is 6. The van der Waals surface area contributed by atoms with Crippen molar-refractivity contribution in [2.75, 3.05) is 0 Å². The Hall–Kier alpha value is -6.19. The normalized spacial score (nSPS) is 11.5. The summed E-state index contributed by atoms with van der Waals surface area (Å²) in [6.07, 6.45) is 0. The molecule has 0 aliphatic heterocycles. The van der Waals surface area contributed by atoms with E-state index in [1.807, 2.05) is 24.3 Å². The van der Waals surface area contributed by atoms with E-state index in [2.05, 4.69) is 140 Å². The Kier molecular flexibility index (Phi) is 6.14. The summed E-state index contributed by atoms with van der Waals surface area (Å²) in [7, 11) is 0. The van der Waals surface area contributed by atoms with E-state index in [1.165, 1.54) is 10.9 Å². The van der Waals surface area contributed by atoms with Gasteiger partial charge in [-0.25, -0.2) is 15.0 Å². The summed E-state index contributed by atoms with van der Waals surface area (Å²) in [6.45, 7) is 0. The third kappa shape index (κ3) is 4.41. The highest BCUT2D eigenvalue weighted by atomic mass is 14.8. The molecule has 9 aromatic rings. The molecular formula is C43H27N3. The van der Waals surface area contributed by atoms with Crippen molar-refractivity contribution in [1.29, 1.82) is 0 Å². The molecule has 0 aliphatic carbocycles. The maximum absolute atomic E-state index is 5.24. The van der Waals surface area contributed by atoms with E-state index < -0.39 is 0 Å². The predicted molar refractivity (Wildman–Crippen MR) is 192 cm³/mol. The minimum absolute atomic E-state index is 0.910. The van der Waals surface area contributed by atoms with E-state index in [-0.39, 0.29) is 0 Å². The zero-order valence-electron chi connectivity index (χ0n) is 24.9. The Balaban J connectivity index is 1.22. The van der Waals surface area contributed by atoms with Crippen molar-refractivity contribution in [2.45, 2.75) is 0 Å². The van der Waals surface area contributed by atoms with Gasteiger partial charge >= 0.3 is 0 Å². The second-order valence-corrected chi connectivity index (χ2v) is 11.6. The van der Waals surface area contributed by atoms with Crippen molar-refractivity contribution in [1.82, 2.24) is 15.0 Å². The summed E-state index contributed by atoms with van der Waals surface area (Å²) >= 11 is 0. The molecule has 0 bridgehead atoms. The summed E-state index contributed by atoms with van der Waals surface area (Å²) in [5.74, 6) is 0. The van der Waals surface area contributed by atoms with Crippen LogP contribution in [-0.2, 0) is 0 Å². The molecule has 0 saturated heterocycles. The average molecular weight is 586 g/mol. The van der Waals surface area contributed by atoms with Crippen molar-refractivity contribution in [3.8, 4) is 44.9 Å². The van der Waals surface area contributed by atoms with Crippen molar-refractivity contribution in [3.05, 3.63) is 164 Å². The van der Waals surface area contributed by atoms with Gasteiger partial charge in [0.25, 0.3) is 0 Å². The Labute approximate surface area is 266 Å². The topological polar surface area (TPSA) is 38.7 Å². The molecule has 3 heteroatoms. The van der Waals surface area contributed by atoms with Gasteiger partial charge in [-0.3, -0.25) is 0 Å². The van der Waals surface area contributed by atoms with Crippen LogP contribution >= 0.6 is 0 Å². The van der Waals surface area contributed by atoms with Crippen LogP contribution < -0.4 is 0 Å². The number of rotatable bonds is 4. The fourth-order valence-corrected chi connectivity index (χ4v) is 6.60. The molecule has 0 spiro atoms. The molecule has 0 amide bonds. The van der Waals surface area contributed by atoms with Gasteiger partial charge in [-0.15, -0.1) is 0 Å². The van der Waals surface area contributed by atoms with E-state index in [9.17, 15) is 0 Å². The maximum atomic E-state index is 5.24. The third-order valence-electron chi connectivity index (χ3n) is 8.83. The Morgan fingerprint density at radius 2 is 0.891 bits per heavy atom. The summed E-state index contributed by atoms with van der Waals surface area (Å²) in [5.41, 5.74) is 11.3. The van der Waals surface area contributed by atoms with Crippen molar-refractivity contribution in [3.63, 3.8) is 0 Å². The van der Waals surface area contributed by atoms with Crippen LogP contribution in [0, 0.1) is 0 Å². The van der Waals surface area contributed by atoms with Crippen LogP contribution in [0.4, 0.5) is 0 Å². The lowest BCUT2D eigenvalue weighted by Gasteiger charge is -2.15. The molecule has 3 aromatic heterocycles. The highest BCUT2D eigenvalue weighted by Crippen LogP contribution is 2.39. The van der Waals surface area contributed by atoms with Gasteiger partial charge in [0, 0.05) is 43.6 Å². The van der Waals surface area contributed by atoms with Gasteiger partial charge < -0.3 is 0 Å². The van der Waals surface area contributed by atoms with Gasteiger partial charge in [-0.05, 0) is 35.4 Å². The summed E-state index contributed by atoms with van der Waals surface area (Å²) < 4.78 is 0. The summed E-state index contributed by atoms with van der Waals surface area (Å²) in [5, 5.41) is 5.65. The predicted octanol–water partition coefficient (Wildman–Crippen LogP) is 11.2. The Morgan fingerprint density at radius 1 is 0.348 bits per heavy atom. The molecule has 0 unspecified atom stereocenters. The first-order valence-electron chi connectivity index (χ1n) is 15.5. The summed E-state index contributed by atoms with van der Waals surface area (Å²) in [6, 6.07) is 57.3. The van der Waals surface area contributed by atoms with Gasteiger partial charge in [0.1, 0.15) is 0 Å². The summed E-state index contributed by atoms with van der Waals surface area (Å²) in [4.78, 5) is 15.5. The van der Waals surface area contributed by atoms with Crippen LogP contribution in [0.25, 0.3) is 88.4 Å². The number of fused-ring (bicyclic) bond motifs is 6. The van der Waals surface area contributed by atoms with Crippen molar-refractivity contribution in [2.24, 2.45) is 0 Å². The molecule has 9 rings (SSSR count). The lowest BCUT2D eigenvalue weighted by molar-refractivity contribution is 1.36. The Bertz CT molecular complexity index is 2570. The van der Waals surface area contributed by atoms with E-state index in [1.54, 1.807) is 0 Å². The molecule has 46 heavy (non-hydrogen) atoms. The van der Waals surface area contributed by atoms with Gasteiger partial charge in [-0.2, -0.15) is 0 Å². The number of nitrogens with zero attached hydrogens (tertiary/aromatic N) is 3. The fraction of sp³-hybridized carbons (Fsp3) is 0. The van der Waals surface area contributed by atoms with Crippen molar-refractivity contribution < 1.29 is 0 Å². The van der Waals surface area contributed by atoms with Gasteiger partial charge in [0.05, 0.1) is 33.6 Å². The monoisotopic (exact) mass is 585 g/mol. The number of hydrogen-bond acceptors (Lipinski definition) is 3. The second kappa shape index (κ2) is 10.8. The molecule has 0 N–H and O–H groups in total. The zero-order valence-corrected chi connectivity index (χ0v) is 24.9. The average Bonchev–Trinajstić information content (AvgIpc) is 3.14. The van der Waals surface area contributed by atoms with Crippen LogP contribution in [0.1, 0.15) is 0 Å². The Morgan fingerprint density at radius 3 is 1.63 bits per heavy atom. The number of pyridine rings is 3. The van der Waals surface area contributed by atoms with E-state index in [0.29, 0.717) is 0 Å². The van der Waals surface area contributed by atoms with Crippen LogP contribution in [0.2, 0.25) is 0 Å². The van der Waals surface area contributed by atoms with Gasteiger partial charge in [0.15, 0.2) is 0 Å². The molecular weight excluding hydrogens is 558 g/mol. The number of aromatic nitrogens is 3. The standard InChI is InChI=1S/C43H27N3/c1-3-11-28(12-4-1)37-25-23-30-21-22-31-24-26-38(45-43(31)42(30)44-37)33-16-9-15-32(27-33)34-18-10-19-36-40(34)35-17-7-8-20-39(35)46-41(36)29-13-5-2-6-14-29/h1-27H. The first kappa shape index (κ1) is 26.2. The molecule has 0 saturated carbocycles. The first-order chi connectivity index (χ1) is 22.8. The second-order valence-electron chi connectivity index (χ2n) is 11.6. The fourth-order valence-electron chi connectivity index (χ4n) is 6.60. The molecule has 3 heterocycles. The van der Waals surface area contributed by atoms with E-state index in [4.69, 9.17) is 15.0 Å². The van der Waals surface area contributed by atoms with E-state index in [0.717, 1.165) is 77.4 Å². The third-order valence-corrected chi connectivity index (χ3v) is 8.83. The molecule has 214 valence electrons. The minimum Gasteiger partial charge on any atom is -0.247 e. The molecule has 0 fully saturated rings. The van der Waals surface area contributed by atoms with Crippen LogP contribution in [0.15, 0.2) is 164 Å². The SMILES string of the molecule is c1ccc(-c2ccc3ccc4ccc(-c5cccc(-c6cccc7c(-c8ccccc8)nc8ccccc8c67)c5)nc4c3n2)cc1.